The van der Waals surface area contributed by atoms with Gasteiger partial charge in [0, 0.05) is 12.0 Å². The maximum absolute atomic E-state index is 10.6. The highest BCUT2D eigenvalue weighted by Gasteiger charge is 2.18. The second-order valence-electron chi connectivity index (χ2n) is 2.72. The van der Waals surface area contributed by atoms with Gasteiger partial charge in [0.2, 0.25) is 0 Å². The molecule has 0 aromatic heterocycles. The zero-order valence-corrected chi connectivity index (χ0v) is 6.73. The van der Waals surface area contributed by atoms with Gasteiger partial charge in [0.05, 0.1) is 0 Å². The molecule has 1 N–H and O–H groups in total. The molecule has 66 valence electrons. The molecule has 0 fully saturated rings. The first-order chi connectivity index (χ1) is 6.27. The summed E-state index contributed by atoms with van der Waals surface area (Å²) in [6, 6.07) is 7.25. The molecule has 4 heteroatoms. The Morgan fingerprint density at radius 1 is 1.46 bits per heavy atom. The monoisotopic (exact) mass is 177 g/mol. The van der Waals surface area contributed by atoms with Gasteiger partial charge in [-0.3, -0.25) is 0 Å². The number of rotatable bonds is 1. The Bertz CT molecular complexity index is 384. The van der Waals surface area contributed by atoms with Gasteiger partial charge in [-0.25, -0.2) is 4.79 Å². The third-order valence-electron chi connectivity index (χ3n) is 1.83. The molecule has 0 unspecified atom stereocenters. The van der Waals surface area contributed by atoms with Gasteiger partial charge in [-0.2, -0.15) is 0 Å². The average Bonchev–Trinajstić information content (AvgIpc) is 2.17. The predicted molar refractivity (Wildman–Crippen MR) is 45.8 cm³/mol. The van der Waals surface area contributed by atoms with Crippen molar-refractivity contribution in [2.45, 2.75) is 6.42 Å². The van der Waals surface area contributed by atoms with E-state index < -0.39 is 5.97 Å². The molecule has 1 aromatic rings. The number of benzene rings is 1. The predicted octanol–water partition coefficient (Wildman–Crippen LogP) is 1.06. The fourth-order valence-electron chi connectivity index (χ4n) is 1.17. The summed E-state index contributed by atoms with van der Waals surface area (Å²) < 4.78 is 0. The summed E-state index contributed by atoms with van der Waals surface area (Å²) >= 11 is 0. The molecule has 0 atom stereocenters. The summed E-state index contributed by atoms with van der Waals surface area (Å²) in [7, 11) is 0. The van der Waals surface area contributed by atoms with Crippen molar-refractivity contribution < 1.29 is 14.7 Å². The molecule has 0 bridgehead atoms. The molecule has 2 rings (SSSR count). The number of carboxylic acid groups (broad SMARTS) is 1. The number of hydrogen-bond donors (Lipinski definition) is 1. The van der Waals surface area contributed by atoms with Crippen molar-refractivity contribution >= 4 is 11.7 Å². The Kier molecular flexibility index (Phi) is 1.73. The zero-order valence-electron chi connectivity index (χ0n) is 6.73. The first-order valence-electron chi connectivity index (χ1n) is 3.82. The first kappa shape index (κ1) is 7.79. The molecule has 0 spiro atoms. The number of para-hydroxylation sites is 1. The SMILES string of the molecule is O=C(O)C1=NOc2ccccc2C1. The molecule has 1 aromatic carbocycles. The van der Waals surface area contributed by atoms with E-state index in [4.69, 9.17) is 9.94 Å². The molecule has 1 aliphatic rings. The van der Waals surface area contributed by atoms with Crippen LogP contribution in [0.25, 0.3) is 0 Å². The Hall–Kier alpha value is -1.84. The van der Waals surface area contributed by atoms with Gasteiger partial charge in [0.25, 0.3) is 0 Å². The molecule has 1 aliphatic heterocycles. The van der Waals surface area contributed by atoms with Gasteiger partial charge in [-0.05, 0) is 6.07 Å². The molecule has 4 nitrogen and oxygen atoms in total. The van der Waals surface area contributed by atoms with Crippen LogP contribution in [-0.2, 0) is 11.2 Å². The number of oxime groups is 1. The normalized spacial score (nSPS) is 14.0. The number of carboxylic acids is 1. The first-order valence-corrected chi connectivity index (χ1v) is 3.82. The van der Waals surface area contributed by atoms with E-state index in [1.165, 1.54) is 0 Å². The van der Waals surface area contributed by atoms with Crippen molar-refractivity contribution in [2.24, 2.45) is 5.16 Å². The van der Waals surface area contributed by atoms with Crippen LogP contribution in [0.4, 0.5) is 0 Å². The zero-order chi connectivity index (χ0) is 9.26. The average molecular weight is 177 g/mol. The summed E-state index contributed by atoms with van der Waals surface area (Å²) in [5.74, 6) is -0.401. The van der Waals surface area contributed by atoms with Crippen LogP contribution in [0, 0.1) is 0 Å². The smallest absolute Gasteiger partial charge is 0.354 e. The molecule has 0 aliphatic carbocycles. The number of fused-ring (bicyclic) bond motifs is 1. The van der Waals surface area contributed by atoms with Crippen LogP contribution >= 0.6 is 0 Å². The lowest BCUT2D eigenvalue weighted by Crippen LogP contribution is -2.20. The van der Waals surface area contributed by atoms with Gasteiger partial charge in [0.1, 0.15) is 0 Å². The van der Waals surface area contributed by atoms with Gasteiger partial charge in [-0.1, -0.05) is 23.4 Å². The quantitative estimate of drug-likeness (QED) is 0.697. The lowest BCUT2D eigenvalue weighted by molar-refractivity contribution is -0.129. The van der Waals surface area contributed by atoms with E-state index in [0.717, 1.165) is 5.56 Å². The standard InChI is InChI=1S/C9H7NO3/c11-9(12)7-5-6-3-1-2-4-8(6)13-10-7/h1-4H,5H2,(H,11,12). The number of aliphatic carboxylic acids is 1. The second-order valence-corrected chi connectivity index (χ2v) is 2.72. The maximum atomic E-state index is 10.6. The van der Waals surface area contributed by atoms with E-state index in [9.17, 15) is 4.79 Å². The van der Waals surface area contributed by atoms with Gasteiger partial charge < -0.3 is 9.94 Å². The van der Waals surface area contributed by atoms with Gasteiger partial charge >= 0.3 is 5.97 Å². The van der Waals surface area contributed by atoms with Crippen molar-refractivity contribution in [2.75, 3.05) is 0 Å². The maximum Gasteiger partial charge on any atom is 0.354 e. The van der Waals surface area contributed by atoms with Gasteiger partial charge in [0.15, 0.2) is 11.5 Å². The van der Waals surface area contributed by atoms with Gasteiger partial charge in [-0.15, -0.1) is 0 Å². The topological polar surface area (TPSA) is 58.9 Å². The third-order valence-corrected chi connectivity index (χ3v) is 1.83. The fourth-order valence-corrected chi connectivity index (χ4v) is 1.17. The Labute approximate surface area is 74.4 Å². The summed E-state index contributed by atoms with van der Waals surface area (Å²) in [5, 5.41) is 12.1. The number of hydrogen-bond acceptors (Lipinski definition) is 3. The van der Waals surface area contributed by atoms with Crippen molar-refractivity contribution in [1.29, 1.82) is 0 Å². The lowest BCUT2D eigenvalue weighted by atomic mass is 10.1. The summed E-state index contributed by atoms with van der Waals surface area (Å²) in [6.45, 7) is 0. The molecule has 0 saturated carbocycles. The van der Waals surface area contributed by atoms with Crippen molar-refractivity contribution in [3.8, 4) is 5.75 Å². The van der Waals surface area contributed by atoms with Crippen LogP contribution in [0.5, 0.6) is 5.75 Å². The lowest BCUT2D eigenvalue weighted by Gasteiger charge is -2.11. The minimum absolute atomic E-state index is 0.0405. The minimum atomic E-state index is -1.03. The van der Waals surface area contributed by atoms with Crippen molar-refractivity contribution in [3.63, 3.8) is 0 Å². The number of nitrogens with zero attached hydrogens (tertiary/aromatic N) is 1. The highest BCUT2D eigenvalue weighted by atomic mass is 16.6. The minimum Gasteiger partial charge on any atom is -0.477 e. The molecule has 0 saturated heterocycles. The van der Waals surface area contributed by atoms with Crippen molar-refractivity contribution in [3.05, 3.63) is 29.8 Å². The van der Waals surface area contributed by atoms with Crippen LogP contribution < -0.4 is 4.84 Å². The Morgan fingerprint density at radius 3 is 3.00 bits per heavy atom. The van der Waals surface area contributed by atoms with Crippen LogP contribution in [0.2, 0.25) is 0 Å². The fraction of sp³-hybridized carbons (Fsp3) is 0.111. The molecule has 1 heterocycles. The van der Waals surface area contributed by atoms with E-state index in [1.54, 1.807) is 6.07 Å². The third kappa shape index (κ3) is 1.38. The van der Waals surface area contributed by atoms with E-state index >= 15 is 0 Å². The Morgan fingerprint density at radius 2 is 2.23 bits per heavy atom. The largest absolute Gasteiger partial charge is 0.477 e. The number of carbonyl (C=O) groups is 1. The molecular weight excluding hydrogens is 170 g/mol. The summed E-state index contributed by atoms with van der Waals surface area (Å²) in [4.78, 5) is 15.5. The van der Waals surface area contributed by atoms with Crippen LogP contribution in [0.1, 0.15) is 5.56 Å². The molecular formula is C9H7NO3. The highest BCUT2D eigenvalue weighted by Crippen LogP contribution is 2.22. The van der Waals surface area contributed by atoms with Crippen LogP contribution in [-0.4, -0.2) is 16.8 Å². The molecule has 0 radical (unpaired) electrons. The van der Waals surface area contributed by atoms with Crippen LogP contribution in [0.15, 0.2) is 29.4 Å². The van der Waals surface area contributed by atoms with E-state index in [1.807, 2.05) is 18.2 Å². The van der Waals surface area contributed by atoms with E-state index in [-0.39, 0.29) is 5.71 Å². The highest BCUT2D eigenvalue weighted by molar-refractivity contribution is 6.36. The molecule has 13 heavy (non-hydrogen) atoms. The second kappa shape index (κ2) is 2.90. The molecule has 0 amide bonds. The van der Waals surface area contributed by atoms with Crippen LogP contribution in [0.3, 0.4) is 0 Å². The van der Waals surface area contributed by atoms with E-state index in [0.29, 0.717) is 12.2 Å². The summed E-state index contributed by atoms with van der Waals surface area (Å²) in [5.41, 5.74) is 0.897. The van der Waals surface area contributed by atoms with Crippen molar-refractivity contribution in [1.82, 2.24) is 0 Å². The summed E-state index contributed by atoms with van der Waals surface area (Å²) in [6.07, 6.45) is 0.325. The Balaban J connectivity index is 2.33. The van der Waals surface area contributed by atoms with E-state index in [2.05, 4.69) is 5.16 Å².